The lowest BCUT2D eigenvalue weighted by Gasteiger charge is -1.92. The van der Waals surface area contributed by atoms with E-state index in [1.54, 1.807) is 15.9 Å². The second kappa shape index (κ2) is 3.08. The second-order valence-electron chi connectivity index (χ2n) is 2.85. The fraction of sp³-hybridized carbons (Fsp3) is 0.500. The van der Waals surface area contributed by atoms with Crippen molar-refractivity contribution in [1.29, 1.82) is 0 Å². The fourth-order valence-electron chi connectivity index (χ4n) is 1.25. The van der Waals surface area contributed by atoms with E-state index in [0.717, 1.165) is 27.8 Å². The van der Waals surface area contributed by atoms with Gasteiger partial charge in [-0.05, 0) is 13.3 Å². The lowest BCUT2D eigenvalue weighted by molar-refractivity contribution is 0.273. The standard InChI is InChI=1S/C8H11N3OS/c1-3-7-10-11-6(4-12)5(2)9-8(11)13-7/h12H,3-4H2,1-2H3. The highest BCUT2D eigenvalue weighted by atomic mass is 32.1. The van der Waals surface area contributed by atoms with Gasteiger partial charge >= 0.3 is 0 Å². The van der Waals surface area contributed by atoms with Gasteiger partial charge in [-0.2, -0.15) is 5.10 Å². The fourth-order valence-corrected chi connectivity index (χ4v) is 2.15. The summed E-state index contributed by atoms with van der Waals surface area (Å²) in [6, 6.07) is 0. The summed E-state index contributed by atoms with van der Waals surface area (Å²) in [6.45, 7) is 3.95. The Balaban J connectivity index is 2.66. The highest BCUT2D eigenvalue weighted by Gasteiger charge is 2.11. The van der Waals surface area contributed by atoms with Gasteiger partial charge < -0.3 is 5.11 Å². The Hall–Kier alpha value is -0.940. The molecule has 0 unspecified atom stereocenters. The Kier molecular flexibility index (Phi) is 2.05. The number of hydrogen-bond acceptors (Lipinski definition) is 4. The lowest BCUT2D eigenvalue weighted by Crippen LogP contribution is -1.95. The van der Waals surface area contributed by atoms with Crippen LogP contribution < -0.4 is 0 Å². The number of hydrogen-bond donors (Lipinski definition) is 1. The topological polar surface area (TPSA) is 50.4 Å². The van der Waals surface area contributed by atoms with Crippen molar-refractivity contribution in [3.63, 3.8) is 0 Å². The first kappa shape index (κ1) is 8.65. The van der Waals surface area contributed by atoms with Crippen LogP contribution in [-0.2, 0) is 13.0 Å². The molecule has 0 spiro atoms. The molecule has 2 rings (SSSR count). The molecule has 1 N–H and O–H groups in total. The molecule has 5 heteroatoms. The van der Waals surface area contributed by atoms with Gasteiger partial charge in [-0.15, -0.1) is 0 Å². The molecule has 70 valence electrons. The Labute approximate surface area is 79.9 Å². The Morgan fingerprint density at radius 3 is 2.92 bits per heavy atom. The zero-order valence-electron chi connectivity index (χ0n) is 7.61. The molecule has 13 heavy (non-hydrogen) atoms. The maximum absolute atomic E-state index is 9.09. The van der Waals surface area contributed by atoms with E-state index in [1.807, 2.05) is 6.92 Å². The molecule has 0 amide bonds. The summed E-state index contributed by atoms with van der Waals surface area (Å²) in [4.78, 5) is 5.19. The number of aliphatic hydroxyl groups excluding tert-OH is 1. The van der Waals surface area contributed by atoms with Crippen LogP contribution in [0.2, 0.25) is 0 Å². The Morgan fingerprint density at radius 1 is 1.54 bits per heavy atom. The number of aromatic nitrogens is 3. The third kappa shape index (κ3) is 1.24. The van der Waals surface area contributed by atoms with E-state index in [0.29, 0.717) is 0 Å². The molecule has 0 bridgehead atoms. The minimum Gasteiger partial charge on any atom is -0.390 e. The van der Waals surface area contributed by atoms with Crippen molar-refractivity contribution in [2.75, 3.05) is 0 Å². The van der Waals surface area contributed by atoms with Crippen molar-refractivity contribution in [2.24, 2.45) is 0 Å². The van der Waals surface area contributed by atoms with Crippen molar-refractivity contribution in [1.82, 2.24) is 14.6 Å². The number of rotatable bonds is 2. The van der Waals surface area contributed by atoms with E-state index in [9.17, 15) is 0 Å². The number of imidazole rings is 1. The predicted octanol–water partition coefficient (Wildman–Crippen LogP) is 1.15. The zero-order chi connectivity index (χ0) is 9.42. The smallest absolute Gasteiger partial charge is 0.212 e. The lowest BCUT2D eigenvalue weighted by atomic mass is 10.4. The molecule has 0 aromatic carbocycles. The van der Waals surface area contributed by atoms with Gasteiger partial charge in [0.15, 0.2) is 0 Å². The molecule has 2 heterocycles. The van der Waals surface area contributed by atoms with Crippen molar-refractivity contribution in [3.05, 3.63) is 16.4 Å². The van der Waals surface area contributed by atoms with Crippen molar-refractivity contribution < 1.29 is 5.11 Å². The van der Waals surface area contributed by atoms with Crippen molar-refractivity contribution >= 4 is 16.3 Å². The number of aryl methyl sites for hydroxylation is 2. The summed E-state index contributed by atoms with van der Waals surface area (Å²) >= 11 is 1.58. The molecule has 0 aliphatic rings. The van der Waals surface area contributed by atoms with E-state index in [-0.39, 0.29) is 6.61 Å². The molecule has 0 aliphatic heterocycles. The third-order valence-corrected chi connectivity index (χ3v) is 3.04. The van der Waals surface area contributed by atoms with Crippen LogP contribution >= 0.6 is 11.3 Å². The normalized spacial score (nSPS) is 11.3. The van der Waals surface area contributed by atoms with Gasteiger partial charge in [0, 0.05) is 0 Å². The Morgan fingerprint density at radius 2 is 2.31 bits per heavy atom. The summed E-state index contributed by atoms with van der Waals surface area (Å²) < 4.78 is 1.73. The molecule has 0 aliphatic carbocycles. The van der Waals surface area contributed by atoms with Gasteiger partial charge in [0.2, 0.25) is 4.96 Å². The number of aliphatic hydroxyl groups is 1. The summed E-state index contributed by atoms with van der Waals surface area (Å²) in [5, 5.41) is 14.5. The van der Waals surface area contributed by atoms with E-state index in [1.165, 1.54) is 0 Å². The second-order valence-corrected chi connectivity index (χ2v) is 3.89. The first-order valence-corrected chi connectivity index (χ1v) is 5.02. The van der Waals surface area contributed by atoms with Crippen molar-refractivity contribution in [2.45, 2.75) is 26.9 Å². The van der Waals surface area contributed by atoms with Crippen LogP contribution in [-0.4, -0.2) is 19.7 Å². The van der Waals surface area contributed by atoms with Crippen LogP contribution in [0, 0.1) is 6.92 Å². The van der Waals surface area contributed by atoms with E-state index in [4.69, 9.17) is 5.11 Å². The average molecular weight is 197 g/mol. The highest BCUT2D eigenvalue weighted by molar-refractivity contribution is 7.16. The molecule has 0 saturated carbocycles. The van der Waals surface area contributed by atoms with Crippen LogP contribution in [0.1, 0.15) is 23.3 Å². The number of fused-ring (bicyclic) bond motifs is 1. The monoisotopic (exact) mass is 197 g/mol. The molecule has 0 fully saturated rings. The maximum atomic E-state index is 9.09. The average Bonchev–Trinajstić information content (AvgIpc) is 2.60. The molecule has 0 radical (unpaired) electrons. The van der Waals surface area contributed by atoms with E-state index >= 15 is 0 Å². The first-order valence-electron chi connectivity index (χ1n) is 4.21. The third-order valence-electron chi connectivity index (χ3n) is 1.99. The molecule has 0 saturated heterocycles. The van der Waals surface area contributed by atoms with E-state index in [2.05, 4.69) is 17.0 Å². The minimum absolute atomic E-state index is 0.000111. The summed E-state index contributed by atoms with van der Waals surface area (Å²) in [6.07, 6.45) is 0.915. The van der Waals surface area contributed by atoms with Crippen LogP contribution in [0.4, 0.5) is 0 Å². The largest absolute Gasteiger partial charge is 0.390 e. The molecule has 4 nitrogen and oxygen atoms in total. The predicted molar refractivity (Wildman–Crippen MR) is 50.9 cm³/mol. The Bertz CT molecular complexity index is 432. The first-order chi connectivity index (χ1) is 6.26. The van der Waals surface area contributed by atoms with Crippen molar-refractivity contribution in [3.8, 4) is 0 Å². The minimum atomic E-state index is -0.000111. The van der Waals surface area contributed by atoms with Gasteiger partial charge in [-0.3, -0.25) is 0 Å². The summed E-state index contributed by atoms with van der Waals surface area (Å²) in [7, 11) is 0. The maximum Gasteiger partial charge on any atom is 0.212 e. The molecule has 2 aromatic rings. The highest BCUT2D eigenvalue weighted by Crippen LogP contribution is 2.18. The van der Waals surface area contributed by atoms with Crippen LogP contribution in [0.5, 0.6) is 0 Å². The van der Waals surface area contributed by atoms with Gasteiger partial charge in [-0.1, -0.05) is 18.3 Å². The zero-order valence-corrected chi connectivity index (χ0v) is 8.43. The van der Waals surface area contributed by atoms with Gasteiger partial charge in [0.1, 0.15) is 5.01 Å². The van der Waals surface area contributed by atoms with Crippen LogP contribution in [0.15, 0.2) is 0 Å². The van der Waals surface area contributed by atoms with Gasteiger partial charge in [-0.25, -0.2) is 9.50 Å². The molecule has 2 aromatic heterocycles. The van der Waals surface area contributed by atoms with Crippen LogP contribution in [0.3, 0.4) is 0 Å². The molecular formula is C8H11N3OS. The summed E-state index contributed by atoms with van der Waals surface area (Å²) in [5.74, 6) is 0. The quantitative estimate of drug-likeness (QED) is 0.785. The van der Waals surface area contributed by atoms with Gasteiger partial charge in [0.05, 0.1) is 18.0 Å². The summed E-state index contributed by atoms with van der Waals surface area (Å²) in [5.41, 5.74) is 1.66. The SMILES string of the molecule is CCc1nn2c(CO)c(C)nc2s1. The van der Waals surface area contributed by atoms with Crippen LogP contribution in [0.25, 0.3) is 4.96 Å². The number of nitrogens with zero attached hydrogens (tertiary/aromatic N) is 3. The molecular weight excluding hydrogens is 186 g/mol. The van der Waals surface area contributed by atoms with Gasteiger partial charge in [0.25, 0.3) is 0 Å². The molecule has 0 atom stereocenters. The van der Waals surface area contributed by atoms with E-state index < -0.39 is 0 Å².